The van der Waals surface area contributed by atoms with Crippen molar-refractivity contribution in [3.63, 3.8) is 0 Å². The van der Waals surface area contributed by atoms with Gasteiger partial charge in [0.2, 0.25) is 0 Å². The van der Waals surface area contributed by atoms with Crippen LogP contribution in [-0.4, -0.2) is 60.9 Å². The molecule has 1 aromatic carbocycles. The molecule has 2 saturated carbocycles. The highest BCUT2D eigenvalue weighted by Crippen LogP contribution is 2.53. The number of hydrogen-bond donors (Lipinski definition) is 2. The molecule has 2 aliphatic carbocycles. The van der Waals surface area contributed by atoms with Crippen LogP contribution >= 0.6 is 0 Å². The molecule has 3 fully saturated rings. The maximum Gasteiger partial charge on any atom is 0.416 e. The highest BCUT2D eigenvalue weighted by atomic mass is 19.4. The van der Waals surface area contributed by atoms with Crippen molar-refractivity contribution in [2.24, 2.45) is 11.8 Å². The number of nitrogen functional groups attached to an aromatic ring is 1. The number of aromatic nitrogens is 5. The Morgan fingerprint density at radius 3 is 2.79 bits per heavy atom. The lowest BCUT2D eigenvalue weighted by Gasteiger charge is -2.43. The zero-order valence-electron chi connectivity index (χ0n) is 24.0. The second kappa shape index (κ2) is 9.65. The summed E-state index contributed by atoms with van der Waals surface area (Å²) in [6.45, 7) is 4.85. The Morgan fingerprint density at radius 1 is 1.19 bits per heavy atom. The third-order valence-electron chi connectivity index (χ3n) is 9.50. The van der Waals surface area contributed by atoms with Crippen molar-refractivity contribution in [2.45, 2.75) is 82.2 Å². The van der Waals surface area contributed by atoms with Crippen molar-refractivity contribution in [2.75, 3.05) is 19.3 Å². The molecule has 4 heterocycles. The van der Waals surface area contributed by atoms with Crippen molar-refractivity contribution in [1.82, 2.24) is 29.4 Å². The molecule has 0 amide bonds. The van der Waals surface area contributed by atoms with Crippen LogP contribution in [0.4, 0.5) is 19.0 Å². The summed E-state index contributed by atoms with van der Waals surface area (Å²) in [6.07, 6.45) is 4.68. The van der Waals surface area contributed by atoms with Gasteiger partial charge in [-0.05, 0) is 83.2 Å². The van der Waals surface area contributed by atoms with Crippen molar-refractivity contribution in [3.05, 3.63) is 48.2 Å². The minimum absolute atomic E-state index is 0.122. The quantitative estimate of drug-likeness (QED) is 0.297. The summed E-state index contributed by atoms with van der Waals surface area (Å²) in [5.74, 6) is 1.34. The number of anilines is 1. The Kier molecular flexibility index (Phi) is 6.34. The van der Waals surface area contributed by atoms with E-state index in [1.807, 2.05) is 26.1 Å². The molecule has 12 heteroatoms. The smallest absolute Gasteiger partial charge is 0.383 e. The number of ether oxygens (including phenoxy) is 2. The third kappa shape index (κ3) is 4.64. The van der Waals surface area contributed by atoms with Crippen molar-refractivity contribution in [1.29, 1.82) is 0 Å². The summed E-state index contributed by atoms with van der Waals surface area (Å²) in [6, 6.07) is 6.10. The molecule has 9 nitrogen and oxygen atoms in total. The molecular formula is C30H36F3N7O2. The largest absolute Gasteiger partial charge is 0.416 e. The molecule has 0 spiro atoms. The number of fused-ring (bicyclic) bond motifs is 3. The molecule has 3 atom stereocenters. The number of nitrogens with two attached hydrogens (primary N) is 1. The molecule has 7 rings (SSSR count). The highest BCUT2D eigenvalue weighted by molar-refractivity contribution is 5.86. The van der Waals surface area contributed by atoms with E-state index in [4.69, 9.17) is 15.2 Å². The van der Waals surface area contributed by atoms with Gasteiger partial charge in [0.05, 0.1) is 22.0 Å². The lowest BCUT2D eigenvalue weighted by Crippen LogP contribution is -2.47. The van der Waals surface area contributed by atoms with Crippen molar-refractivity contribution in [3.8, 4) is 0 Å². The fourth-order valence-corrected chi connectivity index (χ4v) is 7.39. The molecule has 42 heavy (non-hydrogen) atoms. The van der Waals surface area contributed by atoms with E-state index in [1.54, 1.807) is 0 Å². The van der Waals surface area contributed by atoms with E-state index in [0.717, 1.165) is 74.1 Å². The fourth-order valence-electron chi connectivity index (χ4n) is 7.39. The Labute approximate surface area is 241 Å². The van der Waals surface area contributed by atoms with E-state index in [2.05, 4.69) is 36.5 Å². The third-order valence-corrected chi connectivity index (χ3v) is 9.50. The standard InChI is InChI=1S/C30H36F3N7O2/c1-28(2)41-25-18(8-10-29(25,42-28)40-11-9-21-26(34)35-16-36-27(21)40)15-39(3)20-12-17(13-20)4-7-24-37-22-6-5-19(30(31,32)33)14-23(22)38-24/h5-6,9,11,14,16-18,20,25H,4,7-8,10,12-13,15H2,1-3H3,(H,37,38)(H2,34,35,36)/t17?,18-,20?,25-,29-/m1/s1. The van der Waals surface area contributed by atoms with E-state index < -0.39 is 23.3 Å². The van der Waals surface area contributed by atoms with Gasteiger partial charge in [0.25, 0.3) is 0 Å². The number of H-pyrrole nitrogens is 1. The van der Waals surface area contributed by atoms with Gasteiger partial charge in [0.1, 0.15) is 29.7 Å². The Morgan fingerprint density at radius 2 is 2.00 bits per heavy atom. The zero-order valence-corrected chi connectivity index (χ0v) is 24.0. The lowest BCUT2D eigenvalue weighted by atomic mass is 9.76. The summed E-state index contributed by atoms with van der Waals surface area (Å²) in [5.41, 5.74) is 6.58. The van der Waals surface area contributed by atoms with Crippen molar-refractivity contribution < 1.29 is 22.6 Å². The Balaban J connectivity index is 0.974. The van der Waals surface area contributed by atoms with Gasteiger partial charge in [-0.1, -0.05) is 0 Å². The lowest BCUT2D eigenvalue weighted by molar-refractivity contribution is -0.187. The van der Waals surface area contributed by atoms with Crippen molar-refractivity contribution >= 4 is 27.9 Å². The van der Waals surface area contributed by atoms with Gasteiger partial charge in [-0.3, -0.25) is 0 Å². The van der Waals surface area contributed by atoms with Gasteiger partial charge in [-0.15, -0.1) is 0 Å². The van der Waals surface area contributed by atoms with Crippen LogP contribution in [0.3, 0.4) is 0 Å². The van der Waals surface area contributed by atoms with Crippen LogP contribution in [0.2, 0.25) is 0 Å². The number of aryl methyl sites for hydroxylation is 1. The van der Waals surface area contributed by atoms with Gasteiger partial charge in [-0.2, -0.15) is 13.2 Å². The van der Waals surface area contributed by atoms with E-state index in [-0.39, 0.29) is 6.10 Å². The first kappa shape index (κ1) is 27.6. The molecule has 0 unspecified atom stereocenters. The van der Waals surface area contributed by atoms with Gasteiger partial charge < -0.3 is 29.7 Å². The fraction of sp³-hybridized carbons (Fsp3) is 0.567. The van der Waals surface area contributed by atoms with E-state index >= 15 is 0 Å². The highest BCUT2D eigenvalue weighted by Gasteiger charge is 2.61. The van der Waals surface area contributed by atoms with Crippen LogP contribution in [0.1, 0.15) is 57.3 Å². The maximum absolute atomic E-state index is 13.0. The normalized spacial score (nSPS) is 29.0. The predicted molar refractivity (Wildman–Crippen MR) is 151 cm³/mol. The molecule has 3 aromatic heterocycles. The molecule has 4 aromatic rings. The van der Waals surface area contributed by atoms with E-state index in [0.29, 0.717) is 34.7 Å². The second-order valence-electron chi connectivity index (χ2n) is 12.7. The number of alkyl halides is 3. The number of imidazole rings is 1. The van der Waals surface area contributed by atoms with Crippen LogP contribution in [0.15, 0.2) is 36.8 Å². The maximum atomic E-state index is 13.0. The average Bonchev–Trinajstić information content (AvgIpc) is 3.63. The number of benzene rings is 1. The van der Waals surface area contributed by atoms with E-state index in [1.165, 1.54) is 12.4 Å². The Bertz CT molecular complexity index is 1630. The summed E-state index contributed by atoms with van der Waals surface area (Å²) in [5, 5.41) is 0.814. The first-order valence-corrected chi connectivity index (χ1v) is 14.6. The van der Waals surface area contributed by atoms with Gasteiger partial charge in [0.15, 0.2) is 11.5 Å². The van der Waals surface area contributed by atoms with Gasteiger partial charge in [0, 0.05) is 31.1 Å². The van der Waals surface area contributed by atoms with E-state index in [9.17, 15) is 13.2 Å². The first-order valence-electron chi connectivity index (χ1n) is 14.6. The second-order valence-corrected chi connectivity index (χ2v) is 12.7. The van der Waals surface area contributed by atoms with Crippen LogP contribution < -0.4 is 5.73 Å². The zero-order chi connectivity index (χ0) is 29.4. The predicted octanol–water partition coefficient (Wildman–Crippen LogP) is 5.47. The van der Waals surface area contributed by atoms with Crippen LogP contribution in [0, 0.1) is 11.8 Å². The van der Waals surface area contributed by atoms with Gasteiger partial charge in [-0.25, -0.2) is 15.0 Å². The SMILES string of the molecule is CN(C[C@H]1CC[C@@]2(n3ccc4c(N)ncnc43)OC(C)(C)O[C@H]12)C1CC(CCc2nc3ccc(C(F)(F)F)cc3[nH]2)C1. The average molecular weight is 584 g/mol. The first-order chi connectivity index (χ1) is 19.9. The monoisotopic (exact) mass is 583 g/mol. The number of hydrogen-bond acceptors (Lipinski definition) is 7. The molecular weight excluding hydrogens is 547 g/mol. The van der Waals surface area contributed by atoms with Crippen LogP contribution in [0.25, 0.3) is 22.1 Å². The molecule has 0 radical (unpaired) electrons. The Hall–Kier alpha value is -3.22. The number of aromatic amines is 1. The molecule has 3 aliphatic rings. The minimum Gasteiger partial charge on any atom is -0.383 e. The summed E-state index contributed by atoms with van der Waals surface area (Å²) in [4.78, 5) is 18.7. The molecule has 1 aliphatic heterocycles. The van der Waals surface area contributed by atoms with Crippen LogP contribution in [0.5, 0.6) is 0 Å². The molecule has 224 valence electrons. The number of halogens is 3. The molecule has 0 bridgehead atoms. The van der Waals surface area contributed by atoms with Gasteiger partial charge >= 0.3 is 6.18 Å². The van der Waals surface area contributed by atoms with Crippen LogP contribution in [-0.2, 0) is 27.8 Å². The topological polar surface area (TPSA) is 107 Å². The molecule has 3 N–H and O–H groups in total. The molecule has 1 saturated heterocycles. The minimum atomic E-state index is -4.36. The summed E-state index contributed by atoms with van der Waals surface area (Å²) >= 11 is 0. The number of nitrogens with zero attached hydrogens (tertiary/aromatic N) is 5. The summed E-state index contributed by atoms with van der Waals surface area (Å²) < 4.78 is 54.5. The number of nitrogens with one attached hydrogen (secondary N) is 1. The number of rotatable bonds is 7. The summed E-state index contributed by atoms with van der Waals surface area (Å²) in [7, 11) is 2.19.